The number of rotatable bonds is 1. The zero-order valence-corrected chi connectivity index (χ0v) is 9.09. The van der Waals surface area contributed by atoms with Crippen LogP contribution < -0.4 is 5.32 Å². The van der Waals surface area contributed by atoms with Gasteiger partial charge in [-0.15, -0.1) is 0 Å². The molecule has 2 rings (SSSR count). The van der Waals surface area contributed by atoms with E-state index >= 15 is 0 Å². The van der Waals surface area contributed by atoms with E-state index in [1.54, 1.807) is 0 Å². The third kappa shape index (κ3) is 1.53. The van der Waals surface area contributed by atoms with Gasteiger partial charge in [-0.3, -0.25) is 10.1 Å². The zero-order chi connectivity index (χ0) is 10.1. The van der Waals surface area contributed by atoms with Crippen molar-refractivity contribution in [1.29, 1.82) is 0 Å². The summed E-state index contributed by atoms with van der Waals surface area (Å²) in [4.78, 5) is 10.9. The Morgan fingerprint density at radius 1 is 1.43 bits per heavy atom. The molecule has 4 heteroatoms. The molecule has 0 spiro atoms. The maximum atomic E-state index is 10.9. The van der Waals surface area contributed by atoms with Gasteiger partial charge in [0.2, 0.25) is 11.8 Å². The van der Waals surface area contributed by atoms with Gasteiger partial charge >= 0.3 is 0 Å². The lowest BCUT2D eigenvalue weighted by molar-refractivity contribution is -0.114. The number of fused-ring (bicyclic) bond motifs is 1. The van der Waals surface area contributed by atoms with E-state index in [0.717, 1.165) is 15.4 Å². The van der Waals surface area contributed by atoms with Crippen LogP contribution in [-0.2, 0) is 4.79 Å². The third-order valence-corrected chi connectivity index (χ3v) is 2.61. The number of anilines is 1. The topological polar surface area (TPSA) is 42.2 Å². The van der Waals surface area contributed by atoms with Gasteiger partial charge in [0.25, 0.3) is 0 Å². The summed E-state index contributed by atoms with van der Waals surface area (Å²) in [5.74, 6) is 0.309. The van der Waals surface area contributed by atoms with Crippen LogP contribution in [0.5, 0.6) is 0 Å². The first-order valence-electron chi connectivity index (χ1n) is 4.13. The summed E-state index contributed by atoms with van der Waals surface area (Å²) >= 11 is 3.37. The average Bonchev–Trinajstić information content (AvgIpc) is 2.44. The molecule has 0 unspecified atom stereocenters. The first kappa shape index (κ1) is 9.27. The maximum Gasteiger partial charge on any atom is 0.223 e. The first-order chi connectivity index (χ1) is 6.68. The number of amides is 1. The molecule has 0 saturated carbocycles. The fourth-order valence-corrected chi connectivity index (χ4v) is 1.76. The molecular formula is C10H8BrNO2. The Kier molecular flexibility index (Phi) is 2.29. The summed E-state index contributed by atoms with van der Waals surface area (Å²) in [6.07, 6.45) is 0. The van der Waals surface area contributed by atoms with Gasteiger partial charge in [0.15, 0.2) is 0 Å². The molecule has 1 aromatic heterocycles. The predicted octanol–water partition coefficient (Wildman–Crippen LogP) is 3.15. The highest BCUT2D eigenvalue weighted by molar-refractivity contribution is 9.10. The number of hydrogen-bond acceptors (Lipinski definition) is 2. The van der Waals surface area contributed by atoms with Gasteiger partial charge in [-0.2, -0.15) is 0 Å². The van der Waals surface area contributed by atoms with E-state index in [1.165, 1.54) is 6.92 Å². The normalized spacial score (nSPS) is 10.4. The van der Waals surface area contributed by atoms with Crippen LogP contribution in [0, 0.1) is 0 Å². The molecule has 1 aromatic carbocycles. The summed E-state index contributed by atoms with van der Waals surface area (Å²) in [5.41, 5.74) is 0.753. The van der Waals surface area contributed by atoms with Gasteiger partial charge in [-0.25, -0.2) is 0 Å². The van der Waals surface area contributed by atoms with Crippen LogP contribution in [0.2, 0.25) is 0 Å². The van der Waals surface area contributed by atoms with Gasteiger partial charge in [0.05, 0.1) is 4.47 Å². The number of nitrogens with one attached hydrogen (secondary N) is 1. The highest BCUT2D eigenvalue weighted by Crippen LogP contribution is 2.34. The van der Waals surface area contributed by atoms with E-state index in [9.17, 15) is 4.79 Å². The third-order valence-electron chi connectivity index (χ3n) is 1.82. The molecule has 0 bridgehead atoms. The number of carbonyl (C=O) groups excluding carboxylic acids is 1. The second kappa shape index (κ2) is 3.46. The summed E-state index contributed by atoms with van der Waals surface area (Å²) in [5, 5.41) is 3.56. The van der Waals surface area contributed by atoms with Crippen molar-refractivity contribution >= 4 is 38.7 Å². The number of para-hydroxylation sites is 1. The van der Waals surface area contributed by atoms with Gasteiger partial charge in [-0.05, 0) is 28.1 Å². The Hall–Kier alpha value is -1.29. The van der Waals surface area contributed by atoms with Crippen molar-refractivity contribution in [3.8, 4) is 0 Å². The van der Waals surface area contributed by atoms with Crippen LogP contribution in [0.4, 0.5) is 5.88 Å². The second-order valence-corrected chi connectivity index (χ2v) is 3.72. The lowest BCUT2D eigenvalue weighted by Gasteiger charge is -1.95. The molecule has 0 fully saturated rings. The number of carbonyl (C=O) groups is 1. The van der Waals surface area contributed by atoms with Crippen LogP contribution in [0.15, 0.2) is 33.2 Å². The second-order valence-electron chi connectivity index (χ2n) is 2.92. The van der Waals surface area contributed by atoms with Crippen LogP contribution in [0.3, 0.4) is 0 Å². The molecule has 0 saturated heterocycles. The van der Waals surface area contributed by atoms with Gasteiger partial charge in [-0.1, -0.05) is 12.1 Å². The van der Waals surface area contributed by atoms with Crippen LogP contribution in [-0.4, -0.2) is 5.91 Å². The highest BCUT2D eigenvalue weighted by Gasteiger charge is 2.11. The molecule has 72 valence electrons. The quantitative estimate of drug-likeness (QED) is 0.849. The molecule has 14 heavy (non-hydrogen) atoms. The van der Waals surface area contributed by atoms with E-state index in [1.807, 2.05) is 24.3 Å². The van der Waals surface area contributed by atoms with Crippen molar-refractivity contribution < 1.29 is 9.21 Å². The van der Waals surface area contributed by atoms with Crippen molar-refractivity contribution in [3.05, 3.63) is 28.7 Å². The lowest BCUT2D eigenvalue weighted by atomic mass is 10.3. The summed E-state index contributed by atoms with van der Waals surface area (Å²) in [6.45, 7) is 1.44. The molecule has 1 amide bonds. The molecule has 0 atom stereocenters. The van der Waals surface area contributed by atoms with E-state index in [0.29, 0.717) is 5.88 Å². The molecule has 1 heterocycles. The summed E-state index contributed by atoms with van der Waals surface area (Å²) in [6, 6.07) is 7.58. The Balaban J connectivity index is 2.57. The van der Waals surface area contributed by atoms with Gasteiger partial charge in [0.1, 0.15) is 5.58 Å². The van der Waals surface area contributed by atoms with Crippen molar-refractivity contribution in [2.24, 2.45) is 0 Å². The largest absolute Gasteiger partial charge is 0.439 e. The predicted molar refractivity (Wildman–Crippen MR) is 58.2 cm³/mol. The molecule has 2 aromatic rings. The minimum atomic E-state index is -0.148. The zero-order valence-electron chi connectivity index (χ0n) is 7.50. The van der Waals surface area contributed by atoms with Crippen LogP contribution in [0.25, 0.3) is 11.0 Å². The summed E-state index contributed by atoms with van der Waals surface area (Å²) < 4.78 is 6.21. The maximum absolute atomic E-state index is 10.9. The van der Waals surface area contributed by atoms with Crippen LogP contribution in [0.1, 0.15) is 6.92 Å². The number of benzene rings is 1. The fourth-order valence-electron chi connectivity index (χ4n) is 1.25. The van der Waals surface area contributed by atoms with E-state index in [4.69, 9.17) is 4.42 Å². The van der Waals surface area contributed by atoms with Crippen molar-refractivity contribution in [3.63, 3.8) is 0 Å². The minimum absolute atomic E-state index is 0.148. The van der Waals surface area contributed by atoms with Crippen molar-refractivity contribution in [2.75, 3.05) is 5.32 Å². The average molecular weight is 254 g/mol. The SMILES string of the molecule is CC(=O)Nc1oc2ccccc2c1Br. The standard InChI is InChI=1S/C10H8BrNO2/c1-6(13)12-10-9(11)7-4-2-3-5-8(7)14-10/h2-5H,1H3,(H,12,13). The highest BCUT2D eigenvalue weighted by atomic mass is 79.9. The van der Waals surface area contributed by atoms with E-state index in [-0.39, 0.29) is 5.91 Å². The lowest BCUT2D eigenvalue weighted by Crippen LogP contribution is -2.04. The Bertz CT molecular complexity index is 490. The first-order valence-corrected chi connectivity index (χ1v) is 4.92. The Morgan fingerprint density at radius 2 is 2.14 bits per heavy atom. The monoisotopic (exact) mass is 253 g/mol. The molecule has 0 aliphatic carbocycles. The van der Waals surface area contributed by atoms with E-state index < -0.39 is 0 Å². The Labute approximate surface area is 89.2 Å². The minimum Gasteiger partial charge on any atom is -0.439 e. The molecule has 3 nitrogen and oxygen atoms in total. The molecule has 0 aliphatic rings. The smallest absolute Gasteiger partial charge is 0.223 e. The van der Waals surface area contributed by atoms with Crippen molar-refractivity contribution in [1.82, 2.24) is 0 Å². The number of furan rings is 1. The molecule has 0 radical (unpaired) electrons. The molecule has 0 aliphatic heterocycles. The van der Waals surface area contributed by atoms with Gasteiger partial charge < -0.3 is 4.42 Å². The van der Waals surface area contributed by atoms with E-state index in [2.05, 4.69) is 21.2 Å². The van der Waals surface area contributed by atoms with Crippen LogP contribution >= 0.6 is 15.9 Å². The fraction of sp³-hybridized carbons (Fsp3) is 0.100. The molecule has 1 N–H and O–H groups in total. The number of halogens is 1. The molecular weight excluding hydrogens is 246 g/mol. The van der Waals surface area contributed by atoms with Gasteiger partial charge in [0, 0.05) is 12.3 Å². The van der Waals surface area contributed by atoms with Crippen molar-refractivity contribution in [2.45, 2.75) is 6.92 Å². The number of hydrogen-bond donors (Lipinski definition) is 1. The summed E-state index contributed by atoms with van der Waals surface area (Å²) in [7, 11) is 0. The Morgan fingerprint density at radius 3 is 2.79 bits per heavy atom.